The fourth-order valence-electron chi connectivity index (χ4n) is 5.14. The molecule has 0 saturated heterocycles. The largest absolute Gasteiger partial charge is 0.256 e. The Labute approximate surface area is 187 Å². The first-order chi connectivity index (χ1) is 14.8. The second-order valence-corrected chi connectivity index (χ2v) is 9.44. The number of benzene rings is 2. The van der Waals surface area contributed by atoms with E-state index in [0.717, 1.165) is 12.1 Å². The van der Waals surface area contributed by atoms with Gasteiger partial charge >= 0.3 is 0 Å². The summed E-state index contributed by atoms with van der Waals surface area (Å²) >= 11 is 0. The molecule has 4 rings (SSSR count). The van der Waals surface area contributed by atoms with Gasteiger partial charge in [-0.1, -0.05) is 71.0 Å². The van der Waals surface area contributed by atoms with Crippen LogP contribution in [0.25, 0.3) is 11.3 Å². The Morgan fingerprint density at radius 2 is 1.52 bits per heavy atom. The van der Waals surface area contributed by atoms with Gasteiger partial charge in [-0.3, -0.25) is 4.99 Å². The van der Waals surface area contributed by atoms with Crippen LogP contribution in [0.2, 0.25) is 0 Å². The average molecular weight is 412 g/mol. The minimum Gasteiger partial charge on any atom is -0.256 e. The Kier molecular flexibility index (Phi) is 5.83. The third kappa shape index (κ3) is 3.63. The maximum Gasteiger partial charge on any atom is 0.218 e. The SMILES string of the molecule is CCC1=Nc2cc[n+](C)c(-c3ccccc3C)c2C1c1c(C(C)C)cccc1C(C)C. The molecule has 0 saturated carbocycles. The van der Waals surface area contributed by atoms with E-state index in [0.29, 0.717) is 11.8 Å². The van der Waals surface area contributed by atoms with Crippen LogP contribution >= 0.6 is 0 Å². The van der Waals surface area contributed by atoms with E-state index in [2.05, 4.69) is 108 Å². The molecule has 1 aromatic heterocycles. The highest BCUT2D eigenvalue weighted by atomic mass is 14.9. The van der Waals surface area contributed by atoms with E-state index in [4.69, 9.17) is 4.99 Å². The van der Waals surface area contributed by atoms with E-state index in [-0.39, 0.29) is 5.92 Å². The van der Waals surface area contributed by atoms with E-state index >= 15 is 0 Å². The minimum atomic E-state index is 0.206. The maximum absolute atomic E-state index is 5.19. The van der Waals surface area contributed by atoms with Crippen LogP contribution < -0.4 is 4.57 Å². The van der Waals surface area contributed by atoms with Crippen LogP contribution in [0.15, 0.2) is 59.7 Å². The summed E-state index contributed by atoms with van der Waals surface area (Å²) in [5.74, 6) is 1.14. The fourth-order valence-corrected chi connectivity index (χ4v) is 5.14. The Morgan fingerprint density at radius 1 is 0.871 bits per heavy atom. The van der Waals surface area contributed by atoms with Crippen molar-refractivity contribution in [2.24, 2.45) is 12.0 Å². The van der Waals surface area contributed by atoms with Crippen molar-refractivity contribution in [1.29, 1.82) is 0 Å². The van der Waals surface area contributed by atoms with Crippen LogP contribution in [0.3, 0.4) is 0 Å². The van der Waals surface area contributed by atoms with E-state index < -0.39 is 0 Å². The van der Waals surface area contributed by atoms with Crippen molar-refractivity contribution < 1.29 is 4.57 Å². The first-order valence-electron chi connectivity index (χ1n) is 11.6. The van der Waals surface area contributed by atoms with Crippen LogP contribution in [-0.4, -0.2) is 5.71 Å². The number of aliphatic imine (C=N–C) groups is 1. The number of nitrogens with zero attached hydrogens (tertiary/aromatic N) is 2. The summed E-state index contributed by atoms with van der Waals surface area (Å²) in [5, 5.41) is 0. The predicted octanol–water partition coefficient (Wildman–Crippen LogP) is 7.36. The monoisotopic (exact) mass is 411 g/mol. The summed E-state index contributed by atoms with van der Waals surface area (Å²) in [6.45, 7) is 13.7. The summed E-state index contributed by atoms with van der Waals surface area (Å²) < 4.78 is 2.29. The summed E-state index contributed by atoms with van der Waals surface area (Å²) in [7, 11) is 2.17. The molecule has 31 heavy (non-hydrogen) atoms. The number of aromatic nitrogens is 1. The Bertz CT molecular complexity index is 1130. The molecular weight excluding hydrogens is 376 g/mol. The molecule has 1 aliphatic rings. The van der Waals surface area contributed by atoms with Crippen LogP contribution in [-0.2, 0) is 7.05 Å². The third-order valence-electron chi connectivity index (χ3n) is 6.69. The van der Waals surface area contributed by atoms with E-state index in [1.54, 1.807) is 0 Å². The highest BCUT2D eigenvalue weighted by Crippen LogP contribution is 2.48. The molecule has 1 unspecified atom stereocenters. The molecule has 2 heterocycles. The van der Waals surface area contributed by atoms with Gasteiger partial charge in [0.2, 0.25) is 5.69 Å². The van der Waals surface area contributed by atoms with Gasteiger partial charge in [0.15, 0.2) is 6.20 Å². The van der Waals surface area contributed by atoms with Gasteiger partial charge < -0.3 is 0 Å². The van der Waals surface area contributed by atoms with Gasteiger partial charge in [-0.15, -0.1) is 0 Å². The lowest BCUT2D eigenvalue weighted by atomic mass is 9.76. The second-order valence-electron chi connectivity index (χ2n) is 9.44. The van der Waals surface area contributed by atoms with Crippen molar-refractivity contribution in [3.05, 3.63) is 82.5 Å². The quantitative estimate of drug-likeness (QED) is 0.390. The minimum absolute atomic E-state index is 0.206. The highest BCUT2D eigenvalue weighted by molar-refractivity contribution is 6.02. The van der Waals surface area contributed by atoms with Gasteiger partial charge in [-0.25, -0.2) is 4.57 Å². The molecule has 0 bridgehead atoms. The van der Waals surface area contributed by atoms with Gasteiger partial charge in [0.25, 0.3) is 0 Å². The number of fused-ring (bicyclic) bond motifs is 1. The lowest BCUT2D eigenvalue weighted by molar-refractivity contribution is -0.660. The molecule has 0 fully saturated rings. The van der Waals surface area contributed by atoms with Crippen molar-refractivity contribution in [1.82, 2.24) is 0 Å². The molecule has 2 nitrogen and oxygen atoms in total. The average Bonchev–Trinajstić information content (AvgIpc) is 3.12. The lowest BCUT2D eigenvalue weighted by Crippen LogP contribution is -2.33. The van der Waals surface area contributed by atoms with Crippen molar-refractivity contribution >= 4 is 11.4 Å². The number of hydrogen-bond donors (Lipinski definition) is 0. The van der Waals surface area contributed by atoms with Crippen LogP contribution in [0.4, 0.5) is 5.69 Å². The first kappa shape index (κ1) is 21.5. The molecule has 0 radical (unpaired) electrons. The zero-order valence-corrected chi connectivity index (χ0v) is 20.0. The number of hydrogen-bond acceptors (Lipinski definition) is 1. The summed E-state index contributed by atoms with van der Waals surface area (Å²) in [6.07, 6.45) is 3.12. The van der Waals surface area contributed by atoms with Crippen molar-refractivity contribution in [2.75, 3.05) is 0 Å². The van der Waals surface area contributed by atoms with Gasteiger partial charge in [-0.2, -0.15) is 0 Å². The molecule has 160 valence electrons. The molecular formula is C29H35N2+. The summed E-state index contributed by atoms with van der Waals surface area (Å²) in [5.41, 5.74) is 12.1. The van der Waals surface area contributed by atoms with Gasteiger partial charge in [0.05, 0.1) is 17.2 Å². The summed E-state index contributed by atoms with van der Waals surface area (Å²) in [4.78, 5) is 5.19. The van der Waals surface area contributed by atoms with Crippen LogP contribution in [0, 0.1) is 6.92 Å². The standard InChI is InChI=1S/C29H35N2/c1-8-24-27(26-21(18(2)3)14-11-15-22(26)19(4)5)28-25(30-24)16-17-31(7)29(28)23-13-10-9-12-20(23)6/h9-19,27H,8H2,1-7H3/q+1. The number of rotatable bonds is 5. The van der Waals surface area contributed by atoms with Gasteiger partial charge in [0.1, 0.15) is 7.05 Å². The molecule has 0 amide bonds. The fraction of sp³-hybridized carbons (Fsp3) is 0.379. The Morgan fingerprint density at radius 3 is 2.10 bits per heavy atom. The molecule has 0 spiro atoms. The third-order valence-corrected chi connectivity index (χ3v) is 6.69. The van der Waals surface area contributed by atoms with Gasteiger partial charge in [-0.05, 0) is 53.5 Å². The summed E-state index contributed by atoms with van der Waals surface area (Å²) in [6, 6.07) is 17.8. The van der Waals surface area contributed by atoms with Crippen LogP contribution in [0.1, 0.15) is 86.6 Å². The van der Waals surface area contributed by atoms with E-state index in [1.807, 2.05) is 0 Å². The van der Waals surface area contributed by atoms with Crippen LogP contribution in [0.5, 0.6) is 0 Å². The zero-order chi connectivity index (χ0) is 22.3. The molecule has 2 heteroatoms. The Balaban J connectivity index is 2.08. The number of pyridine rings is 1. The molecule has 1 atom stereocenters. The van der Waals surface area contributed by atoms with Crippen molar-refractivity contribution in [3.8, 4) is 11.3 Å². The first-order valence-corrected chi connectivity index (χ1v) is 11.6. The maximum atomic E-state index is 5.19. The van der Waals surface area contributed by atoms with Gasteiger partial charge in [0, 0.05) is 17.3 Å². The zero-order valence-electron chi connectivity index (χ0n) is 20.0. The predicted molar refractivity (Wildman–Crippen MR) is 132 cm³/mol. The highest BCUT2D eigenvalue weighted by Gasteiger charge is 2.38. The normalized spacial score (nSPS) is 15.5. The topological polar surface area (TPSA) is 16.2 Å². The molecule has 3 aromatic rings. The van der Waals surface area contributed by atoms with E-state index in [1.165, 1.54) is 44.8 Å². The second kappa shape index (κ2) is 8.42. The smallest absolute Gasteiger partial charge is 0.218 e. The molecule has 0 N–H and O–H groups in total. The Hall–Kier alpha value is -2.74. The molecule has 2 aromatic carbocycles. The lowest BCUT2D eigenvalue weighted by Gasteiger charge is -2.26. The molecule has 1 aliphatic heterocycles. The van der Waals surface area contributed by atoms with Crippen molar-refractivity contribution in [3.63, 3.8) is 0 Å². The molecule has 0 aliphatic carbocycles. The van der Waals surface area contributed by atoms with Crippen molar-refractivity contribution in [2.45, 2.75) is 65.7 Å². The number of aryl methyl sites for hydroxylation is 2. The van der Waals surface area contributed by atoms with E-state index in [9.17, 15) is 0 Å².